The second-order valence-corrected chi connectivity index (χ2v) is 8.63. The number of hydrogen-bond acceptors (Lipinski definition) is 5. The molecule has 6 nitrogen and oxygen atoms in total. The van der Waals surface area contributed by atoms with Crippen LogP contribution in [0.25, 0.3) is 5.76 Å². The molecule has 1 aliphatic rings. The van der Waals surface area contributed by atoms with Gasteiger partial charge in [-0.1, -0.05) is 41.4 Å². The fourth-order valence-corrected chi connectivity index (χ4v) is 4.33. The molecule has 2 heterocycles. The summed E-state index contributed by atoms with van der Waals surface area (Å²) in [7, 11) is 0. The van der Waals surface area contributed by atoms with Crippen molar-refractivity contribution in [3.63, 3.8) is 0 Å². The van der Waals surface area contributed by atoms with Crippen molar-refractivity contribution in [1.82, 2.24) is 9.88 Å². The molecule has 0 spiro atoms. The Bertz CT molecular complexity index is 1290. The highest BCUT2D eigenvalue weighted by Crippen LogP contribution is 2.41. The average molecular weight is 477 g/mol. The molecule has 2 aromatic carbocycles. The lowest BCUT2D eigenvalue weighted by Gasteiger charge is -2.26. The summed E-state index contributed by atoms with van der Waals surface area (Å²) in [6.07, 6.45) is 3.22. The predicted molar refractivity (Wildman–Crippen MR) is 131 cm³/mol. The van der Waals surface area contributed by atoms with E-state index in [0.29, 0.717) is 28.5 Å². The molecule has 4 rings (SSSR count). The van der Waals surface area contributed by atoms with Crippen LogP contribution in [0.15, 0.2) is 66.5 Å². The van der Waals surface area contributed by atoms with Crippen LogP contribution in [0.4, 0.5) is 0 Å². The Labute approximate surface area is 203 Å². The molecule has 7 heteroatoms. The van der Waals surface area contributed by atoms with Gasteiger partial charge in [0.2, 0.25) is 0 Å². The number of amides is 1. The molecular formula is C27H25ClN2O4. The Kier molecular flexibility index (Phi) is 6.70. The maximum Gasteiger partial charge on any atom is 0.295 e. The van der Waals surface area contributed by atoms with Gasteiger partial charge in [-0.3, -0.25) is 14.6 Å². The number of ether oxygens (including phenoxy) is 1. The highest BCUT2D eigenvalue weighted by molar-refractivity contribution is 6.46. The molecule has 1 atom stereocenters. The van der Waals surface area contributed by atoms with Crippen molar-refractivity contribution in [2.75, 3.05) is 6.61 Å². The molecule has 174 valence electrons. The van der Waals surface area contributed by atoms with Crippen LogP contribution in [-0.2, 0) is 16.1 Å². The topological polar surface area (TPSA) is 79.7 Å². The molecule has 1 saturated heterocycles. The summed E-state index contributed by atoms with van der Waals surface area (Å²) >= 11 is 6.20. The van der Waals surface area contributed by atoms with Gasteiger partial charge in [0, 0.05) is 24.5 Å². The van der Waals surface area contributed by atoms with E-state index in [0.717, 1.165) is 16.7 Å². The van der Waals surface area contributed by atoms with Crippen LogP contribution >= 0.6 is 11.6 Å². The number of carbonyl (C=O) groups excluding carboxylic acids is 2. The third kappa shape index (κ3) is 4.41. The van der Waals surface area contributed by atoms with E-state index in [1.54, 1.807) is 42.7 Å². The molecule has 1 aromatic heterocycles. The summed E-state index contributed by atoms with van der Waals surface area (Å²) in [5.74, 6) is -1.32. The zero-order valence-corrected chi connectivity index (χ0v) is 20.0. The second kappa shape index (κ2) is 9.69. The number of aromatic nitrogens is 1. The zero-order chi connectivity index (χ0) is 24.4. The number of likely N-dealkylation sites (tertiary alicyclic amines) is 1. The van der Waals surface area contributed by atoms with Gasteiger partial charge in [-0.2, -0.15) is 0 Å². The van der Waals surface area contributed by atoms with Gasteiger partial charge in [-0.15, -0.1) is 0 Å². The highest BCUT2D eigenvalue weighted by atomic mass is 35.5. The van der Waals surface area contributed by atoms with E-state index in [2.05, 4.69) is 4.98 Å². The van der Waals surface area contributed by atoms with Gasteiger partial charge in [0.25, 0.3) is 11.7 Å². The number of aryl methyl sites for hydroxylation is 2. The number of Topliss-reactive ketones (excluding diaryl/α,β-unsaturated/α-hetero) is 1. The Morgan fingerprint density at radius 1 is 1.15 bits per heavy atom. The number of aliphatic hydroxyl groups is 1. The lowest BCUT2D eigenvalue weighted by molar-refractivity contribution is -0.140. The van der Waals surface area contributed by atoms with Gasteiger partial charge in [0.05, 0.1) is 23.2 Å². The quantitative estimate of drug-likeness (QED) is 0.294. The van der Waals surface area contributed by atoms with E-state index >= 15 is 0 Å². The van der Waals surface area contributed by atoms with E-state index < -0.39 is 17.7 Å². The summed E-state index contributed by atoms with van der Waals surface area (Å²) in [5.41, 5.74) is 3.98. The number of carbonyl (C=O) groups is 2. The number of benzene rings is 2. The Morgan fingerprint density at radius 3 is 2.65 bits per heavy atom. The van der Waals surface area contributed by atoms with Crippen LogP contribution in [0.1, 0.15) is 40.8 Å². The molecule has 1 fully saturated rings. The number of aliphatic hydroxyl groups excluding tert-OH is 1. The smallest absolute Gasteiger partial charge is 0.295 e. The fourth-order valence-electron chi connectivity index (χ4n) is 4.15. The molecule has 1 N–H and O–H groups in total. The number of pyridine rings is 1. The van der Waals surface area contributed by atoms with Crippen LogP contribution in [0, 0.1) is 13.8 Å². The van der Waals surface area contributed by atoms with Crippen LogP contribution in [0.2, 0.25) is 5.02 Å². The third-order valence-electron chi connectivity index (χ3n) is 5.89. The minimum Gasteiger partial charge on any atom is -0.507 e. The lowest BCUT2D eigenvalue weighted by Crippen LogP contribution is -2.29. The number of hydrogen-bond donors (Lipinski definition) is 1. The Balaban J connectivity index is 1.86. The summed E-state index contributed by atoms with van der Waals surface area (Å²) in [6, 6.07) is 13.5. The van der Waals surface area contributed by atoms with E-state index in [9.17, 15) is 14.7 Å². The molecule has 3 aromatic rings. The first-order valence-electron chi connectivity index (χ1n) is 11.0. The van der Waals surface area contributed by atoms with E-state index in [1.165, 1.54) is 4.90 Å². The van der Waals surface area contributed by atoms with Crippen molar-refractivity contribution in [3.8, 4) is 5.75 Å². The van der Waals surface area contributed by atoms with Crippen LogP contribution in [-0.4, -0.2) is 33.3 Å². The van der Waals surface area contributed by atoms with Gasteiger partial charge < -0.3 is 14.7 Å². The van der Waals surface area contributed by atoms with Crippen molar-refractivity contribution in [2.24, 2.45) is 0 Å². The molecule has 0 saturated carbocycles. The van der Waals surface area contributed by atoms with Crippen molar-refractivity contribution in [3.05, 3.63) is 99.3 Å². The first kappa shape index (κ1) is 23.5. The molecule has 34 heavy (non-hydrogen) atoms. The zero-order valence-electron chi connectivity index (χ0n) is 19.2. The fraction of sp³-hybridized carbons (Fsp3) is 0.222. The molecular weight excluding hydrogens is 452 g/mol. The SMILES string of the molecule is CCOc1cc(/C(O)=C2/C(=O)C(=O)N(Cc3cc(C)ccc3C)C2c2cccnc2)ccc1Cl. The summed E-state index contributed by atoms with van der Waals surface area (Å²) in [6.45, 7) is 6.38. The minimum atomic E-state index is -0.792. The average Bonchev–Trinajstić information content (AvgIpc) is 3.08. The van der Waals surface area contributed by atoms with Gasteiger partial charge >= 0.3 is 0 Å². The number of ketones is 1. The number of halogens is 1. The van der Waals surface area contributed by atoms with E-state index in [1.807, 2.05) is 39.0 Å². The maximum atomic E-state index is 13.2. The van der Waals surface area contributed by atoms with E-state index in [-0.39, 0.29) is 17.9 Å². The van der Waals surface area contributed by atoms with Crippen molar-refractivity contribution < 1.29 is 19.4 Å². The Morgan fingerprint density at radius 2 is 1.94 bits per heavy atom. The van der Waals surface area contributed by atoms with Crippen LogP contribution < -0.4 is 4.74 Å². The standard InChI is InChI=1S/C27H25ClN2O4/c1-4-34-22-13-18(9-10-21(22)28)25(31)23-24(19-6-5-11-29-14-19)30(27(33)26(23)32)15-20-12-16(2)7-8-17(20)3/h5-14,24,31H,4,15H2,1-3H3/b25-23-. The first-order chi connectivity index (χ1) is 16.3. The van der Waals surface area contributed by atoms with E-state index in [4.69, 9.17) is 16.3 Å². The van der Waals surface area contributed by atoms with Gasteiger partial charge in [0.1, 0.15) is 11.5 Å². The second-order valence-electron chi connectivity index (χ2n) is 8.22. The number of rotatable bonds is 6. The molecule has 1 unspecified atom stereocenters. The summed E-state index contributed by atoms with van der Waals surface area (Å²) < 4.78 is 5.54. The van der Waals surface area contributed by atoms with Gasteiger partial charge in [0.15, 0.2) is 0 Å². The monoisotopic (exact) mass is 476 g/mol. The summed E-state index contributed by atoms with van der Waals surface area (Å²) in [5, 5.41) is 11.7. The normalized spacial score (nSPS) is 17.3. The third-order valence-corrected chi connectivity index (χ3v) is 6.20. The number of nitrogens with zero attached hydrogens (tertiary/aromatic N) is 2. The minimum absolute atomic E-state index is 0.00748. The lowest BCUT2D eigenvalue weighted by atomic mass is 9.96. The molecule has 0 radical (unpaired) electrons. The van der Waals surface area contributed by atoms with Crippen LogP contribution in [0.5, 0.6) is 5.75 Å². The van der Waals surface area contributed by atoms with Crippen molar-refractivity contribution in [2.45, 2.75) is 33.4 Å². The highest BCUT2D eigenvalue weighted by Gasteiger charge is 2.46. The summed E-state index contributed by atoms with van der Waals surface area (Å²) in [4.78, 5) is 32.1. The van der Waals surface area contributed by atoms with Crippen molar-refractivity contribution in [1.29, 1.82) is 0 Å². The van der Waals surface area contributed by atoms with Gasteiger partial charge in [-0.25, -0.2) is 0 Å². The van der Waals surface area contributed by atoms with Crippen LogP contribution in [0.3, 0.4) is 0 Å². The maximum absolute atomic E-state index is 13.2. The Hall–Kier alpha value is -3.64. The molecule has 1 amide bonds. The largest absolute Gasteiger partial charge is 0.507 e. The molecule has 0 bridgehead atoms. The molecule has 1 aliphatic heterocycles. The van der Waals surface area contributed by atoms with Gasteiger partial charge in [-0.05, 0) is 61.7 Å². The van der Waals surface area contributed by atoms with Crippen molar-refractivity contribution >= 4 is 29.1 Å². The molecule has 0 aliphatic carbocycles. The predicted octanol–water partition coefficient (Wildman–Crippen LogP) is 5.37. The first-order valence-corrected chi connectivity index (χ1v) is 11.4.